The fourth-order valence-corrected chi connectivity index (χ4v) is 3.49. The molecule has 2 aromatic rings. The molecule has 1 aromatic heterocycles. The number of H-pyrrole nitrogens is 1. The van der Waals surface area contributed by atoms with Crippen molar-refractivity contribution in [2.75, 3.05) is 19.3 Å². The number of carbonyl (C=O) groups excluding carboxylic acids is 1. The van der Waals surface area contributed by atoms with E-state index in [0.29, 0.717) is 17.4 Å². The van der Waals surface area contributed by atoms with Crippen molar-refractivity contribution in [3.8, 4) is 5.75 Å². The molecule has 0 saturated carbocycles. The van der Waals surface area contributed by atoms with Crippen LogP contribution in [0.4, 0.5) is 0 Å². The summed E-state index contributed by atoms with van der Waals surface area (Å²) in [6.07, 6.45) is 0.798. The molecule has 0 fully saturated rings. The number of rotatable bonds is 5. The first kappa shape index (κ1) is 16.6. The zero-order valence-electron chi connectivity index (χ0n) is 13.6. The third kappa shape index (κ3) is 3.97. The maximum absolute atomic E-state index is 12.3. The minimum Gasteiger partial charge on any atom is -0.488 e. The van der Waals surface area contributed by atoms with Crippen molar-refractivity contribution in [2.24, 2.45) is 0 Å². The van der Waals surface area contributed by atoms with Crippen LogP contribution >= 0.6 is 11.8 Å². The summed E-state index contributed by atoms with van der Waals surface area (Å²) in [4.78, 5) is 32.2. The molecule has 0 spiro atoms. The normalized spacial score (nSPS) is 15.7. The molecule has 0 radical (unpaired) electrons. The number of carbonyl (C=O) groups is 1. The van der Waals surface area contributed by atoms with Crippen LogP contribution < -0.4 is 10.3 Å². The molecule has 1 unspecified atom stereocenters. The molecular weight excluding hydrogens is 326 g/mol. The van der Waals surface area contributed by atoms with Gasteiger partial charge < -0.3 is 14.6 Å². The number of nitrogens with one attached hydrogen (secondary N) is 1. The van der Waals surface area contributed by atoms with Crippen LogP contribution in [0.15, 0.2) is 40.3 Å². The second kappa shape index (κ2) is 7.09. The second-order valence-electron chi connectivity index (χ2n) is 5.81. The third-order valence-electron chi connectivity index (χ3n) is 3.80. The highest BCUT2D eigenvalue weighted by molar-refractivity contribution is 7.99. The lowest BCUT2D eigenvalue weighted by atomic mass is 10.1. The Labute approximate surface area is 144 Å². The lowest BCUT2D eigenvalue weighted by Gasteiger charge is -2.20. The minimum atomic E-state index is -0.206. The first-order chi connectivity index (χ1) is 11.5. The van der Waals surface area contributed by atoms with Crippen molar-refractivity contribution in [2.45, 2.75) is 24.6 Å². The number of likely N-dealkylation sites (N-methyl/N-ethyl adjacent to an activating group) is 1. The molecule has 3 rings (SSSR count). The van der Waals surface area contributed by atoms with Gasteiger partial charge in [0.25, 0.3) is 5.56 Å². The molecule has 126 valence electrons. The summed E-state index contributed by atoms with van der Waals surface area (Å²) in [7, 11) is 1.77. The van der Waals surface area contributed by atoms with Gasteiger partial charge in [-0.3, -0.25) is 9.59 Å². The van der Waals surface area contributed by atoms with Gasteiger partial charge in [0.05, 0.1) is 12.3 Å². The van der Waals surface area contributed by atoms with Crippen LogP contribution in [0.3, 0.4) is 0 Å². The monoisotopic (exact) mass is 345 g/mol. The van der Waals surface area contributed by atoms with Crippen LogP contribution in [0.25, 0.3) is 0 Å². The van der Waals surface area contributed by atoms with Gasteiger partial charge in [-0.15, -0.1) is 0 Å². The fraction of sp³-hybridized carbons (Fsp3) is 0.353. The van der Waals surface area contributed by atoms with Crippen LogP contribution in [0.1, 0.15) is 11.3 Å². The maximum atomic E-state index is 12.3. The summed E-state index contributed by atoms with van der Waals surface area (Å²) in [6.45, 7) is 2.29. The first-order valence-electron chi connectivity index (χ1n) is 7.70. The summed E-state index contributed by atoms with van der Waals surface area (Å²) >= 11 is 1.23. The van der Waals surface area contributed by atoms with E-state index in [-0.39, 0.29) is 23.3 Å². The van der Waals surface area contributed by atoms with Gasteiger partial charge in [-0.25, -0.2) is 4.98 Å². The number of benzene rings is 1. The van der Waals surface area contributed by atoms with Crippen LogP contribution in [0.2, 0.25) is 0 Å². The second-order valence-corrected chi connectivity index (χ2v) is 6.77. The number of aromatic amines is 1. The number of nitrogens with zero attached hydrogens (tertiary/aromatic N) is 2. The van der Waals surface area contributed by atoms with Crippen molar-refractivity contribution in [3.05, 3.63) is 51.9 Å². The van der Waals surface area contributed by atoms with E-state index in [0.717, 1.165) is 12.2 Å². The van der Waals surface area contributed by atoms with Gasteiger partial charge in [0.2, 0.25) is 5.91 Å². The molecule has 1 aliphatic heterocycles. The number of hydrogen-bond acceptors (Lipinski definition) is 5. The molecule has 1 N–H and O–H groups in total. The molecule has 24 heavy (non-hydrogen) atoms. The van der Waals surface area contributed by atoms with Gasteiger partial charge in [-0.05, 0) is 18.6 Å². The highest BCUT2D eigenvalue weighted by Gasteiger charge is 2.25. The molecule has 2 heterocycles. The Kier molecular flexibility index (Phi) is 4.89. The number of para-hydroxylation sites is 1. The number of hydrogen-bond donors (Lipinski definition) is 1. The van der Waals surface area contributed by atoms with Crippen LogP contribution in [0, 0.1) is 6.92 Å². The molecule has 1 atom stereocenters. The van der Waals surface area contributed by atoms with Gasteiger partial charge in [0.1, 0.15) is 11.9 Å². The van der Waals surface area contributed by atoms with E-state index in [1.807, 2.05) is 24.3 Å². The summed E-state index contributed by atoms with van der Waals surface area (Å²) in [6, 6.07) is 9.36. The lowest BCUT2D eigenvalue weighted by molar-refractivity contribution is -0.128. The van der Waals surface area contributed by atoms with Crippen molar-refractivity contribution >= 4 is 17.7 Å². The van der Waals surface area contributed by atoms with E-state index in [2.05, 4.69) is 9.97 Å². The largest absolute Gasteiger partial charge is 0.488 e. The molecule has 1 aromatic carbocycles. The number of thioether (sulfide) groups is 1. The van der Waals surface area contributed by atoms with E-state index in [4.69, 9.17) is 4.74 Å². The molecule has 0 bridgehead atoms. The Morgan fingerprint density at radius 2 is 2.25 bits per heavy atom. The highest BCUT2D eigenvalue weighted by atomic mass is 32.2. The molecule has 1 amide bonds. The number of ether oxygens (including phenoxy) is 1. The Hall–Kier alpha value is -2.28. The molecule has 7 heteroatoms. The molecule has 1 aliphatic rings. The predicted octanol–water partition coefficient (Wildman–Crippen LogP) is 1.63. The number of aryl methyl sites for hydroxylation is 1. The van der Waals surface area contributed by atoms with E-state index in [9.17, 15) is 9.59 Å². The van der Waals surface area contributed by atoms with Gasteiger partial charge in [-0.2, -0.15) is 0 Å². The van der Waals surface area contributed by atoms with Crippen LogP contribution in [-0.4, -0.2) is 46.2 Å². The average Bonchev–Trinajstić information content (AvgIpc) is 2.93. The standard InChI is InChI=1S/C17H19N3O3S/c1-11-7-15(21)19-17(18-11)24-10-16(22)20(2)9-13-8-12-5-3-4-6-14(12)23-13/h3-7,13H,8-10H2,1-2H3,(H,18,19,21). The summed E-state index contributed by atoms with van der Waals surface area (Å²) in [5.41, 5.74) is 1.61. The van der Waals surface area contributed by atoms with Crippen molar-refractivity contribution in [1.29, 1.82) is 0 Å². The van der Waals surface area contributed by atoms with E-state index >= 15 is 0 Å². The lowest BCUT2D eigenvalue weighted by Crippen LogP contribution is -2.37. The highest BCUT2D eigenvalue weighted by Crippen LogP contribution is 2.28. The molecule has 0 aliphatic carbocycles. The minimum absolute atomic E-state index is 0.0155. The Morgan fingerprint density at radius 1 is 1.46 bits per heavy atom. The zero-order valence-corrected chi connectivity index (χ0v) is 14.4. The van der Waals surface area contributed by atoms with Gasteiger partial charge in [0, 0.05) is 25.2 Å². The smallest absolute Gasteiger partial charge is 0.251 e. The summed E-state index contributed by atoms with van der Waals surface area (Å²) in [5.74, 6) is 1.10. The number of fused-ring (bicyclic) bond motifs is 1. The Balaban J connectivity index is 1.51. The predicted molar refractivity (Wildman–Crippen MR) is 92.5 cm³/mol. The molecule has 0 saturated heterocycles. The molecular formula is C17H19N3O3S. The number of aromatic nitrogens is 2. The average molecular weight is 345 g/mol. The van der Waals surface area contributed by atoms with Crippen LogP contribution in [-0.2, 0) is 11.2 Å². The van der Waals surface area contributed by atoms with E-state index in [1.54, 1.807) is 18.9 Å². The van der Waals surface area contributed by atoms with Crippen LogP contribution in [0.5, 0.6) is 5.75 Å². The van der Waals surface area contributed by atoms with E-state index < -0.39 is 0 Å². The number of amides is 1. The summed E-state index contributed by atoms with van der Waals surface area (Å²) < 4.78 is 5.86. The van der Waals surface area contributed by atoms with Crippen molar-refractivity contribution in [1.82, 2.24) is 14.9 Å². The fourth-order valence-electron chi connectivity index (χ4n) is 2.62. The quantitative estimate of drug-likeness (QED) is 0.658. The van der Waals surface area contributed by atoms with Gasteiger partial charge in [0.15, 0.2) is 5.16 Å². The van der Waals surface area contributed by atoms with Crippen molar-refractivity contribution in [3.63, 3.8) is 0 Å². The maximum Gasteiger partial charge on any atom is 0.251 e. The topological polar surface area (TPSA) is 75.3 Å². The first-order valence-corrected chi connectivity index (χ1v) is 8.69. The van der Waals surface area contributed by atoms with Crippen molar-refractivity contribution < 1.29 is 9.53 Å². The zero-order chi connectivity index (χ0) is 17.1. The SMILES string of the molecule is Cc1cc(=O)[nH]c(SCC(=O)N(C)CC2Cc3ccccc3O2)n1. The molecule has 6 nitrogen and oxygen atoms in total. The third-order valence-corrected chi connectivity index (χ3v) is 4.66. The summed E-state index contributed by atoms with van der Waals surface area (Å²) in [5, 5.41) is 0.464. The van der Waals surface area contributed by atoms with E-state index in [1.165, 1.54) is 23.4 Å². The van der Waals surface area contributed by atoms with Gasteiger partial charge in [-0.1, -0.05) is 30.0 Å². The Bertz CT molecular complexity index is 781. The van der Waals surface area contributed by atoms with Gasteiger partial charge >= 0.3 is 0 Å². The Morgan fingerprint density at radius 3 is 3.00 bits per heavy atom.